The zero-order valence-corrected chi connectivity index (χ0v) is 25.3. The molecule has 2 aromatic carbocycles. The first-order chi connectivity index (χ1) is 18.1. The van der Waals surface area contributed by atoms with Crippen molar-refractivity contribution in [1.82, 2.24) is 9.80 Å². The number of carbonyl (C=O) groups is 1. The van der Waals surface area contributed by atoms with Crippen LogP contribution in [-0.4, -0.2) is 58.1 Å². The van der Waals surface area contributed by atoms with Crippen molar-refractivity contribution in [1.29, 1.82) is 0 Å². The van der Waals surface area contributed by atoms with Gasteiger partial charge in [0, 0.05) is 24.0 Å². The largest absolute Gasteiger partial charge is 0.497 e. The van der Waals surface area contributed by atoms with Crippen LogP contribution in [-0.2, 0) is 17.8 Å². The zero-order valence-electron chi connectivity index (χ0n) is 22.9. The van der Waals surface area contributed by atoms with Gasteiger partial charge in [-0.3, -0.25) is 0 Å². The van der Waals surface area contributed by atoms with Crippen molar-refractivity contribution in [3.8, 4) is 11.5 Å². The summed E-state index contributed by atoms with van der Waals surface area (Å²) in [4.78, 5) is 21.6. The Bertz CT molecular complexity index is 1100. The smallest absolute Gasteiger partial charge is 0.410 e. The van der Waals surface area contributed by atoms with Crippen molar-refractivity contribution in [2.75, 3.05) is 25.3 Å². The number of ether oxygens (including phenoxy) is 3. The molecule has 1 heterocycles. The van der Waals surface area contributed by atoms with Crippen molar-refractivity contribution in [2.24, 2.45) is 10.7 Å². The minimum atomic E-state index is -0.879. The summed E-state index contributed by atoms with van der Waals surface area (Å²) in [5.41, 5.74) is 8.02. The van der Waals surface area contributed by atoms with Crippen molar-refractivity contribution in [3.05, 3.63) is 71.1 Å². The Morgan fingerprint density at radius 1 is 1.03 bits per heavy atom. The van der Waals surface area contributed by atoms with E-state index in [9.17, 15) is 4.79 Å². The molecule has 0 fully saturated rings. The molecule has 1 unspecified atom stereocenters. The molecule has 8 nitrogen and oxygen atoms in total. The fraction of sp³-hybridized carbons (Fsp3) is 0.429. The summed E-state index contributed by atoms with van der Waals surface area (Å²) in [5.74, 6) is 3.37. The first-order valence-electron chi connectivity index (χ1n) is 12.4. The number of carbonyl (C=O) groups excluding carboxylic acids is 1. The van der Waals surface area contributed by atoms with E-state index in [2.05, 4.69) is 53.4 Å². The maximum Gasteiger partial charge on any atom is 0.410 e. The number of benzene rings is 2. The summed E-state index contributed by atoms with van der Waals surface area (Å²) in [6.45, 7) is 9.51. The predicted octanol–water partition coefficient (Wildman–Crippen LogP) is 5.96. The molecule has 3 rings (SSSR count). The molecule has 0 saturated carbocycles. The number of nitrogens with two attached hydrogens (primary N) is 1. The summed E-state index contributed by atoms with van der Waals surface area (Å²) < 4.78 is 16.4. The molecule has 10 heteroatoms. The molecule has 1 atom stereocenters. The lowest BCUT2D eigenvalue weighted by molar-refractivity contribution is 0.146. The van der Waals surface area contributed by atoms with Crippen LogP contribution in [0.1, 0.15) is 38.8 Å². The van der Waals surface area contributed by atoms with Crippen LogP contribution in [0, 0.1) is 0 Å². The molecular weight excluding hydrogens is 568 g/mol. The molecule has 0 aliphatic carbocycles. The van der Waals surface area contributed by atoms with E-state index in [-0.39, 0.29) is 11.0 Å². The summed E-state index contributed by atoms with van der Waals surface area (Å²) in [6, 6.07) is 15.8. The number of thioether (sulfide) groups is 1. The van der Waals surface area contributed by atoms with Crippen LogP contribution in [0.4, 0.5) is 4.79 Å². The number of methoxy groups -OCH3 is 2. The van der Waals surface area contributed by atoms with Gasteiger partial charge < -0.3 is 29.7 Å². The van der Waals surface area contributed by atoms with Crippen molar-refractivity contribution in [2.45, 2.75) is 51.8 Å². The van der Waals surface area contributed by atoms with E-state index in [4.69, 9.17) is 24.9 Å². The fourth-order valence-corrected chi connectivity index (χ4v) is 5.84. The van der Waals surface area contributed by atoms with Gasteiger partial charge in [0.1, 0.15) is 11.5 Å². The highest BCUT2D eigenvalue weighted by Gasteiger charge is 2.39. The Morgan fingerprint density at radius 2 is 1.53 bits per heavy atom. The van der Waals surface area contributed by atoms with Crippen LogP contribution >= 0.6 is 27.7 Å². The van der Waals surface area contributed by atoms with Gasteiger partial charge in [0.15, 0.2) is 17.1 Å². The van der Waals surface area contributed by atoms with E-state index < -0.39 is 6.09 Å². The maximum atomic E-state index is 12.1. The number of halogens is 1. The molecule has 0 spiro atoms. The average Bonchev–Trinajstić information content (AvgIpc) is 2.88. The monoisotopic (exact) mass is 604 g/mol. The van der Waals surface area contributed by atoms with E-state index in [1.54, 1.807) is 26.0 Å². The van der Waals surface area contributed by atoms with Crippen LogP contribution in [0.5, 0.6) is 11.5 Å². The fourth-order valence-electron chi connectivity index (χ4n) is 4.25. The molecule has 38 heavy (non-hydrogen) atoms. The van der Waals surface area contributed by atoms with Crippen molar-refractivity contribution >= 4 is 39.6 Å². The Kier molecular flexibility index (Phi) is 10.4. The van der Waals surface area contributed by atoms with E-state index in [0.717, 1.165) is 34.1 Å². The molecule has 2 N–H and O–H groups in total. The van der Waals surface area contributed by atoms with Gasteiger partial charge >= 0.3 is 6.09 Å². The number of nitrogens with zero attached hydrogens (tertiary/aromatic N) is 3. The van der Waals surface area contributed by atoms with Gasteiger partial charge in [-0.25, -0.2) is 9.79 Å². The Balaban J connectivity index is 2.15. The third kappa shape index (κ3) is 7.38. The quantitative estimate of drug-likeness (QED) is 0.335. The molecule has 1 aliphatic heterocycles. The van der Waals surface area contributed by atoms with Gasteiger partial charge in [0.05, 0.1) is 19.9 Å². The average molecular weight is 606 g/mol. The van der Waals surface area contributed by atoms with E-state index in [1.165, 1.54) is 0 Å². The van der Waals surface area contributed by atoms with Crippen LogP contribution in [0.3, 0.4) is 0 Å². The van der Waals surface area contributed by atoms with Gasteiger partial charge in [-0.15, -0.1) is 11.8 Å². The maximum absolute atomic E-state index is 12.1. The lowest BCUT2D eigenvalue weighted by atomic mass is 10.0. The van der Waals surface area contributed by atoms with Gasteiger partial charge in [0.25, 0.3) is 0 Å². The predicted molar refractivity (Wildman–Crippen MR) is 158 cm³/mol. The lowest BCUT2D eigenvalue weighted by Gasteiger charge is -2.46. The Labute approximate surface area is 238 Å². The number of rotatable bonds is 10. The first-order valence-corrected chi connectivity index (χ1v) is 14.5. The lowest BCUT2D eigenvalue weighted by Crippen LogP contribution is -2.51. The van der Waals surface area contributed by atoms with Crippen molar-refractivity contribution < 1.29 is 19.0 Å². The van der Waals surface area contributed by atoms with E-state index in [0.29, 0.717) is 30.0 Å². The van der Waals surface area contributed by atoms with E-state index in [1.807, 2.05) is 48.5 Å². The minimum Gasteiger partial charge on any atom is -0.497 e. The van der Waals surface area contributed by atoms with Gasteiger partial charge in [0.2, 0.25) is 0 Å². The Morgan fingerprint density at radius 3 is 1.89 bits per heavy atom. The summed E-state index contributed by atoms with van der Waals surface area (Å²) in [5, 5.41) is 0.464. The molecule has 2 aromatic rings. The van der Waals surface area contributed by atoms with Crippen LogP contribution in [0.2, 0.25) is 0 Å². The van der Waals surface area contributed by atoms with Crippen LogP contribution in [0.15, 0.2) is 65.0 Å². The molecule has 0 saturated heterocycles. The third-order valence-electron chi connectivity index (χ3n) is 5.94. The van der Waals surface area contributed by atoms with Crippen LogP contribution < -0.4 is 15.2 Å². The zero-order chi connectivity index (χ0) is 27.9. The first kappa shape index (κ1) is 29.7. The number of hydrogen-bond donors (Lipinski definition) is 1. The minimum absolute atomic E-state index is 0.211. The third-order valence-corrected chi connectivity index (χ3v) is 7.42. The molecule has 0 aromatic heterocycles. The number of amidine groups is 1. The van der Waals surface area contributed by atoms with E-state index >= 15 is 0 Å². The molecule has 1 amide bonds. The topological polar surface area (TPSA) is 89.6 Å². The highest BCUT2D eigenvalue weighted by Crippen LogP contribution is 2.37. The molecule has 1 aliphatic rings. The molecule has 0 radical (unpaired) electrons. The van der Waals surface area contributed by atoms with Gasteiger partial charge in [-0.1, -0.05) is 47.1 Å². The number of primary amides is 1. The van der Waals surface area contributed by atoms with Crippen LogP contribution in [0.25, 0.3) is 0 Å². The highest BCUT2D eigenvalue weighted by molar-refractivity contribution is 9.09. The summed E-state index contributed by atoms with van der Waals surface area (Å²) in [6.07, 6.45) is -0.879. The number of aliphatic imine (C=N–C) groups is 1. The normalized spacial score (nSPS) is 15.7. The van der Waals surface area contributed by atoms with Crippen molar-refractivity contribution in [3.63, 3.8) is 0 Å². The summed E-state index contributed by atoms with van der Waals surface area (Å²) >= 11 is 5.38. The number of allylic oxidation sites excluding steroid dienone is 1. The highest BCUT2D eigenvalue weighted by atomic mass is 79.9. The number of amides is 1. The molecular formula is C28H37BrN4O4S. The SMILES string of the molecule is CCSC1N=C(N(Cc2ccc(OC)cc2)Cc2ccc(OC)cc2)C(OC(N)=O)=C(CBr)N1C(C)(C)C. The second-order valence-electron chi connectivity index (χ2n) is 9.66. The number of hydrogen-bond acceptors (Lipinski definition) is 8. The second kappa shape index (κ2) is 13.3. The number of alkyl halides is 1. The second-order valence-corrected chi connectivity index (χ2v) is 11.6. The Hall–Kier alpha value is -2.85. The summed E-state index contributed by atoms with van der Waals surface area (Å²) in [7, 11) is 3.29. The molecule has 0 bridgehead atoms. The molecule has 206 valence electrons. The van der Waals surface area contributed by atoms with Gasteiger partial charge in [-0.05, 0) is 61.9 Å². The van der Waals surface area contributed by atoms with Gasteiger partial charge in [-0.2, -0.15) is 0 Å². The standard InChI is InChI=1S/C28H37BrN4O4S/c1-7-38-27-31-25(24(37-26(30)34)23(16-29)33(27)28(2,3)4)32(17-19-8-12-21(35-5)13-9-19)18-20-10-14-22(36-6)15-11-20/h8-15,27H,7,16-18H2,1-6H3,(H2,30,34).